The van der Waals surface area contributed by atoms with E-state index in [0.29, 0.717) is 35.2 Å². The second-order valence-electron chi connectivity index (χ2n) is 7.28. The molecule has 33 heavy (non-hydrogen) atoms. The fourth-order valence-electron chi connectivity index (χ4n) is 3.43. The zero-order valence-corrected chi connectivity index (χ0v) is 18.6. The third-order valence-corrected chi connectivity index (χ3v) is 5.04. The minimum Gasteiger partial charge on any atom is -0.495 e. The van der Waals surface area contributed by atoms with E-state index in [4.69, 9.17) is 15.0 Å². The maximum atomic E-state index is 12.7. The van der Waals surface area contributed by atoms with Crippen LogP contribution >= 0.6 is 0 Å². The number of hydrogen-bond donors (Lipinski definition) is 3. The molecule has 4 rings (SSSR count). The average Bonchev–Trinajstić information content (AvgIpc) is 3.39. The van der Waals surface area contributed by atoms with Gasteiger partial charge in [0.2, 0.25) is 11.7 Å². The smallest absolute Gasteiger partial charge is 0.265 e. The topological polar surface area (TPSA) is 133 Å². The number of aryl methyl sites for hydroxylation is 1. The molecule has 4 aromatic rings. The predicted octanol–water partition coefficient (Wildman–Crippen LogP) is 3.57. The number of aromatic nitrogens is 4. The molecule has 0 aliphatic carbocycles. The Balaban J connectivity index is 1.62. The van der Waals surface area contributed by atoms with Gasteiger partial charge >= 0.3 is 0 Å². The summed E-state index contributed by atoms with van der Waals surface area (Å²) in [6.07, 6.45) is 0. The maximum Gasteiger partial charge on any atom is 0.265 e. The molecule has 0 aliphatic rings. The third kappa shape index (κ3) is 4.49. The number of carbonyl (C=O) groups excluding carboxylic acids is 1. The summed E-state index contributed by atoms with van der Waals surface area (Å²) in [5, 5.41) is 14.5. The Kier molecular flexibility index (Phi) is 6.25. The lowest BCUT2D eigenvalue weighted by Gasteiger charge is -2.10. The largest absolute Gasteiger partial charge is 0.495 e. The summed E-state index contributed by atoms with van der Waals surface area (Å²) < 4.78 is 12.2. The lowest BCUT2D eigenvalue weighted by molar-refractivity contribution is -0.116. The molecule has 2 aromatic carbocycles. The van der Waals surface area contributed by atoms with Crippen LogP contribution in [0, 0.1) is 6.92 Å². The number of nitrogens with two attached hydrogens (primary N) is 1. The molecule has 2 heterocycles. The van der Waals surface area contributed by atoms with Crippen LogP contribution in [-0.2, 0) is 11.3 Å². The van der Waals surface area contributed by atoms with Gasteiger partial charge in [-0.2, -0.15) is 10.1 Å². The number of nitrogen functional groups attached to an aromatic ring is 1. The third-order valence-electron chi connectivity index (χ3n) is 5.04. The maximum absolute atomic E-state index is 12.7. The van der Waals surface area contributed by atoms with Gasteiger partial charge in [0, 0.05) is 12.1 Å². The fourth-order valence-corrected chi connectivity index (χ4v) is 3.43. The molecule has 0 bridgehead atoms. The highest BCUT2D eigenvalue weighted by molar-refractivity contribution is 5.93. The molecule has 0 aliphatic heterocycles. The highest BCUT2D eigenvalue weighted by Crippen LogP contribution is 2.34. The fraction of sp³-hybridized carbons (Fsp3) is 0.217. The second-order valence-corrected chi connectivity index (χ2v) is 7.28. The molecule has 0 saturated carbocycles. The summed E-state index contributed by atoms with van der Waals surface area (Å²) in [5.74, 6) is 1.61. The Morgan fingerprint density at radius 1 is 1.18 bits per heavy atom. The Hall–Kier alpha value is -4.34. The zero-order valence-electron chi connectivity index (χ0n) is 18.6. The van der Waals surface area contributed by atoms with Crippen molar-refractivity contribution >= 4 is 23.2 Å². The zero-order chi connectivity index (χ0) is 23.4. The summed E-state index contributed by atoms with van der Waals surface area (Å²) in [4.78, 5) is 17.2. The summed E-state index contributed by atoms with van der Waals surface area (Å²) >= 11 is 0. The summed E-state index contributed by atoms with van der Waals surface area (Å²) in [6, 6.07) is 14.9. The van der Waals surface area contributed by atoms with Crippen LogP contribution in [0.25, 0.3) is 22.8 Å². The van der Waals surface area contributed by atoms with Crippen LogP contribution in [0.2, 0.25) is 0 Å². The molecular formula is C23H25N7O3. The van der Waals surface area contributed by atoms with Gasteiger partial charge in [-0.25, -0.2) is 4.68 Å². The van der Waals surface area contributed by atoms with Crippen LogP contribution in [0.4, 0.5) is 17.3 Å². The number of amides is 1. The molecule has 10 heteroatoms. The number of methoxy groups -OCH3 is 1. The van der Waals surface area contributed by atoms with E-state index in [-0.39, 0.29) is 24.2 Å². The highest BCUT2D eigenvalue weighted by Gasteiger charge is 2.24. The van der Waals surface area contributed by atoms with Gasteiger partial charge in [0.05, 0.1) is 12.8 Å². The number of para-hydroxylation sites is 2. The lowest BCUT2D eigenvalue weighted by Crippen LogP contribution is -2.21. The van der Waals surface area contributed by atoms with Crippen molar-refractivity contribution in [3.8, 4) is 28.6 Å². The van der Waals surface area contributed by atoms with Crippen molar-refractivity contribution in [2.45, 2.75) is 20.4 Å². The second kappa shape index (κ2) is 9.43. The predicted molar refractivity (Wildman–Crippen MR) is 126 cm³/mol. The minimum absolute atomic E-state index is 0.110. The number of benzene rings is 2. The van der Waals surface area contributed by atoms with Crippen LogP contribution in [0.15, 0.2) is 53.1 Å². The van der Waals surface area contributed by atoms with Crippen molar-refractivity contribution in [2.24, 2.45) is 0 Å². The standard InChI is InChI=1S/C23H25N7O3/c1-4-25-22-19(23-27-21(29-33-23)15-10-6-5-9-14(15)2)20(24)30(28-22)13-18(31)26-16-11-7-8-12-17(16)32-3/h5-12H,4,13,24H2,1-3H3,(H,25,28)(H,26,31). The Bertz CT molecular complexity index is 1280. The van der Waals surface area contributed by atoms with Crippen molar-refractivity contribution in [1.82, 2.24) is 19.9 Å². The molecule has 4 N–H and O–H groups in total. The van der Waals surface area contributed by atoms with E-state index in [1.54, 1.807) is 19.2 Å². The van der Waals surface area contributed by atoms with Gasteiger partial charge in [-0.3, -0.25) is 4.79 Å². The molecule has 0 unspecified atom stereocenters. The first kappa shape index (κ1) is 21.9. The molecule has 1 amide bonds. The molecule has 0 saturated heterocycles. The minimum atomic E-state index is -0.311. The summed E-state index contributed by atoms with van der Waals surface area (Å²) in [5.41, 5.74) is 9.26. The number of ether oxygens (including phenoxy) is 1. The first-order valence-electron chi connectivity index (χ1n) is 10.4. The van der Waals surface area contributed by atoms with Crippen LogP contribution in [0.3, 0.4) is 0 Å². The van der Waals surface area contributed by atoms with Gasteiger partial charge in [-0.15, -0.1) is 0 Å². The Morgan fingerprint density at radius 2 is 1.94 bits per heavy atom. The average molecular weight is 447 g/mol. The van der Waals surface area contributed by atoms with Gasteiger partial charge in [-0.1, -0.05) is 41.6 Å². The number of carbonyl (C=O) groups is 1. The van der Waals surface area contributed by atoms with Gasteiger partial charge in [0.25, 0.3) is 5.89 Å². The van der Waals surface area contributed by atoms with Crippen LogP contribution in [-0.4, -0.2) is 39.5 Å². The van der Waals surface area contributed by atoms with E-state index in [1.807, 2.05) is 50.2 Å². The number of nitrogens with one attached hydrogen (secondary N) is 2. The van der Waals surface area contributed by atoms with Crippen molar-refractivity contribution in [3.05, 3.63) is 54.1 Å². The molecule has 0 radical (unpaired) electrons. The van der Waals surface area contributed by atoms with E-state index >= 15 is 0 Å². The molecular weight excluding hydrogens is 422 g/mol. The number of rotatable bonds is 8. The van der Waals surface area contributed by atoms with Gasteiger partial charge < -0.3 is 25.6 Å². The highest BCUT2D eigenvalue weighted by atomic mass is 16.5. The lowest BCUT2D eigenvalue weighted by atomic mass is 10.1. The molecule has 170 valence electrons. The van der Waals surface area contributed by atoms with E-state index in [9.17, 15) is 4.79 Å². The van der Waals surface area contributed by atoms with E-state index in [0.717, 1.165) is 11.1 Å². The molecule has 10 nitrogen and oxygen atoms in total. The Morgan fingerprint density at radius 3 is 2.70 bits per heavy atom. The van der Waals surface area contributed by atoms with Crippen LogP contribution in [0.1, 0.15) is 12.5 Å². The molecule has 0 spiro atoms. The van der Waals surface area contributed by atoms with Gasteiger partial charge in [0.15, 0.2) is 5.82 Å². The monoisotopic (exact) mass is 447 g/mol. The summed E-state index contributed by atoms with van der Waals surface area (Å²) in [7, 11) is 1.54. The number of hydrogen-bond acceptors (Lipinski definition) is 8. The molecule has 0 atom stereocenters. The summed E-state index contributed by atoms with van der Waals surface area (Å²) in [6.45, 7) is 4.39. The van der Waals surface area contributed by atoms with Gasteiger partial charge in [0.1, 0.15) is 23.7 Å². The first-order chi connectivity index (χ1) is 16.0. The van der Waals surface area contributed by atoms with Crippen LogP contribution < -0.4 is 21.1 Å². The van der Waals surface area contributed by atoms with Gasteiger partial charge in [-0.05, 0) is 31.5 Å². The molecule has 2 aromatic heterocycles. The number of anilines is 3. The first-order valence-corrected chi connectivity index (χ1v) is 10.4. The Labute approximate surface area is 190 Å². The van der Waals surface area contributed by atoms with E-state index < -0.39 is 0 Å². The number of nitrogens with zero attached hydrogens (tertiary/aromatic N) is 4. The SMILES string of the molecule is CCNc1nn(CC(=O)Nc2ccccc2OC)c(N)c1-c1nc(-c2ccccc2C)no1. The van der Waals surface area contributed by atoms with E-state index in [1.165, 1.54) is 4.68 Å². The molecule has 0 fully saturated rings. The van der Waals surface area contributed by atoms with Crippen LogP contribution in [0.5, 0.6) is 5.75 Å². The van der Waals surface area contributed by atoms with Crippen molar-refractivity contribution in [3.63, 3.8) is 0 Å². The van der Waals surface area contributed by atoms with E-state index in [2.05, 4.69) is 25.9 Å². The normalized spacial score (nSPS) is 10.8. The van der Waals surface area contributed by atoms with Crippen molar-refractivity contribution in [2.75, 3.05) is 30.0 Å². The van der Waals surface area contributed by atoms with Crippen molar-refractivity contribution in [1.29, 1.82) is 0 Å². The quantitative estimate of drug-likeness (QED) is 0.373. The van der Waals surface area contributed by atoms with Crippen molar-refractivity contribution < 1.29 is 14.1 Å².